The van der Waals surface area contributed by atoms with Gasteiger partial charge in [-0.3, -0.25) is 9.20 Å². The highest BCUT2D eigenvalue weighted by Gasteiger charge is 2.23. The van der Waals surface area contributed by atoms with E-state index in [0.717, 1.165) is 54.2 Å². The Balaban J connectivity index is 0.00000337. The summed E-state index contributed by atoms with van der Waals surface area (Å²) in [4.78, 5) is 35.1. The Kier molecular flexibility index (Phi) is 7.97. The number of aryl methyl sites for hydroxylation is 1. The third-order valence-corrected chi connectivity index (χ3v) is 8.04. The van der Waals surface area contributed by atoms with Crippen LogP contribution >= 0.6 is 23.7 Å². The van der Waals surface area contributed by atoms with Crippen molar-refractivity contribution in [2.75, 3.05) is 25.0 Å². The van der Waals surface area contributed by atoms with Gasteiger partial charge in [-0.2, -0.15) is 5.26 Å². The number of fused-ring (bicyclic) bond motifs is 1. The monoisotopic (exact) mass is 588 g/mol. The standard InChI is InChI=1S/C29H25FN8OS.ClH/c1-3-22-27(36(2)29-35-25(23(14-31)40-29)18-6-9-21(30)10-7-18)38-17-19(8-11-24(38)34-22)20-15-32-26(33-16-20)28(39)37-12-4-5-13-37;/h6-11,15-17H,3-5,12-13H2,1-2H3;1H. The topological polar surface area (TPSA) is 103 Å². The summed E-state index contributed by atoms with van der Waals surface area (Å²) in [7, 11) is 1.89. The second-order valence-electron chi connectivity index (χ2n) is 9.53. The number of nitriles is 1. The number of carbonyl (C=O) groups excluding carboxylic acids is 1. The Hall–Kier alpha value is -4.40. The van der Waals surface area contributed by atoms with Crippen molar-refractivity contribution in [2.45, 2.75) is 26.2 Å². The van der Waals surface area contributed by atoms with Gasteiger partial charge in [0.25, 0.3) is 5.91 Å². The fraction of sp³-hybridized carbons (Fsp3) is 0.241. The smallest absolute Gasteiger partial charge is 0.291 e. The van der Waals surface area contributed by atoms with Crippen molar-refractivity contribution in [3.05, 3.63) is 77.2 Å². The second kappa shape index (κ2) is 11.6. The van der Waals surface area contributed by atoms with E-state index in [0.29, 0.717) is 27.7 Å². The fourth-order valence-corrected chi connectivity index (χ4v) is 5.76. The van der Waals surface area contributed by atoms with Crippen molar-refractivity contribution in [3.63, 3.8) is 0 Å². The summed E-state index contributed by atoms with van der Waals surface area (Å²) < 4.78 is 15.5. The van der Waals surface area contributed by atoms with Gasteiger partial charge in [0.05, 0.1) is 5.69 Å². The number of rotatable bonds is 6. The molecule has 0 aliphatic carbocycles. The highest BCUT2D eigenvalue weighted by atomic mass is 35.5. The molecule has 1 fully saturated rings. The van der Waals surface area contributed by atoms with Crippen LogP contribution in [0.2, 0.25) is 0 Å². The molecule has 0 unspecified atom stereocenters. The molecule has 12 heteroatoms. The number of hydrogen-bond donors (Lipinski definition) is 0. The number of carbonyl (C=O) groups is 1. The van der Waals surface area contributed by atoms with Gasteiger partial charge in [0.2, 0.25) is 5.82 Å². The fourth-order valence-electron chi connectivity index (χ4n) is 4.92. The molecule has 1 aliphatic rings. The minimum Gasteiger partial charge on any atom is -0.336 e. The van der Waals surface area contributed by atoms with E-state index >= 15 is 0 Å². The van der Waals surface area contributed by atoms with Gasteiger partial charge in [-0.15, -0.1) is 12.4 Å². The van der Waals surface area contributed by atoms with Crippen LogP contribution in [-0.2, 0) is 6.42 Å². The molecular formula is C29H26ClFN8OS. The number of hydrogen-bond acceptors (Lipinski definition) is 8. The van der Waals surface area contributed by atoms with E-state index in [-0.39, 0.29) is 30.0 Å². The van der Waals surface area contributed by atoms with E-state index < -0.39 is 0 Å². The Bertz CT molecular complexity index is 1750. The Labute approximate surface area is 246 Å². The number of pyridine rings is 1. The number of thiazole rings is 1. The summed E-state index contributed by atoms with van der Waals surface area (Å²) in [5.74, 6) is 0.551. The first-order chi connectivity index (χ1) is 19.5. The van der Waals surface area contributed by atoms with Gasteiger partial charge in [0, 0.05) is 55.4 Å². The lowest BCUT2D eigenvalue weighted by atomic mass is 10.1. The third-order valence-electron chi connectivity index (χ3n) is 7.01. The lowest BCUT2D eigenvalue weighted by molar-refractivity contribution is 0.0780. The number of likely N-dealkylation sites (tertiary alicyclic amines) is 1. The number of halogens is 2. The van der Waals surface area contributed by atoms with Crippen molar-refractivity contribution in [2.24, 2.45) is 0 Å². The predicted octanol–water partition coefficient (Wildman–Crippen LogP) is 5.91. The zero-order valence-corrected chi connectivity index (χ0v) is 24.0. The van der Waals surface area contributed by atoms with Gasteiger partial charge in [-0.1, -0.05) is 18.3 Å². The second-order valence-corrected chi connectivity index (χ2v) is 10.5. The molecule has 6 rings (SSSR count). The molecule has 0 radical (unpaired) electrons. The molecule has 5 heterocycles. The molecule has 0 spiro atoms. The normalized spacial score (nSPS) is 12.8. The van der Waals surface area contributed by atoms with Crippen LogP contribution in [0.3, 0.4) is 0 Å². The van der Waals surface area contributed by atoms with Crippen LogP contribution in [0.4, 0.5) is 15.3 Å². The van der Waals surface area contributed by atoms with Crippen LogP contribution in [0.25, 0.3) is 28.0 Å². The summed E-state index contributed by atoms with van der Waals surface area (Å²) >= 11 is 1.27. The minimum atomic E-state index is -0.345. The maximum absolute atomic E-state index is 13.5. The minimum absolute atomic E-state index is 0. The molecule has 0 atom stereocenters. The summed E-state index contributed by atoms with van der Waals surface area (Å²) in [5.41, 5.74) is 4.48. The van der Waals surface area contributed by atoms with E-state index in [1.807, 2.05) is 41.6 Å². The van der Waals surface area contributed by atoms with Crippen LogP contribution in [-0.4, -0.2) is 55.3 Å². The van der Waals surface area contributed by atoms with E-state index in [2.05, 4.69) is 16.0 Å². The van der Waals surface area contributed by atoms with Crippen LogP contribution < -0.4 is 4.90 Å². The summed E-state index contributed by atoms with van der Waals surface area (Å²) in [6.45, 7) is 3.53. The molecule has 208 valence electrons. The molecule has 0 N–H and O–H groups in total. The summed E-state index contributed by atoms with van der Waals surface area (Å²) in [5, 5.41) is 10.4. The number of imidazole rings is 1. The lowest BCUT2D eigenvalue weighted by Crippen LogP contribution is -2.29. The Morgan fingerprint density at radius 2 is 1.73 bits per heavy atom. The van der Waals surface area contributed by atoms with Crippen molar-refractivity contribution < 1.29 is 9.18 Å². The van der Waals surface area contributed by atoms with E-state index in [4.69, 9.17) is 9.97 Å². The lowest BCUT2D eigenvalue weighted by Gasteiger charge is -2.17. The largest absolute Gasteiger partial charge is 0.336 e. The predicted molar refractivity (Wildman–Crippen MR) is 158 cm³/mol. The molecule has 1 amide bonds. The van der Waals surface area contributed by atoms with Crippen molar-refractivity contribution in [3.8, 4) is 28.5 Å². The maximum atomic E-state index is 13.5. The number of nitrogens with zero attached hydrogens (tertiary/aromatic N) is 8. The van der Waals surface area contributed by atoms with Gasteiger partial charge < -0.3 is 9.80 Å². The summed E-state index contributed by atoms with van der Waals surface area (Å²) in [6.07, 6.45) is 8.03. The number of amides is 1. The molecule has 1 aromatic carbocycles. The first kappa shape index (κ1) is 28.1. The van der Waals surface area contributed by atoms with Crippen molar-refractivity contribution in [1.82, 2.24) is 29.2 Å². The molecule has 0 bridgehead atoms. The molecule has 1 saturated heterocycles. The molecule has 0 saturated carbocycles. The first-order valence-electron chi connectivity index (χ1n) is 13.0. The van der Waals surface area contributed by atoms with Crippen molar-refractivity contribution in [1.29, 1.82) is 5.26 Å². The zero-order valence-electron chi connectivity index (χ0n) is 22.4. The number of anilines is 2. The van der Waals surface area contributed by atoms with E-state index in [9.17, 15) is 14.4 Å². The molecule has 5 aromatic rings. The van der Waals surface area contributed by atoms with Gasteiger partial charge >= 0.3 is 0 Å². The molecule has 41 heavy (non-hydrogen) atoms. The van der Waals surface area contributed by atoms with Crippen LogP contribution in [0, 0.1) is 17.1 Å². The van der Waals surface area contributed by atoms with E-state index in [1.54, 1.807) is 29.4 Å². The average Bonchev–Trinajstić information content (AvgIpc) is 3.75. The third kappa shape index (κ3) is 5.24. The summed E-state index contributed by atoms with van der Waals surface area (Å²) in [6, 6.07) is 12.1. The average molecular weight is 589 g/mol. The quantitative estimate of drug-likeness (QED) is 0.243. The van der Waals surface area contributed by atoms with Crippen molar-refractivity contribution >= 4 is 46.2 Å². The SMILES string of the molecule is CCc1nc2ccc(-c3cnc(C(=O)N4CCCC4)nc3)cn2c1N(C)c1nc(-c2ccc(F)cc2)c(C#N)s1.Cl. The molecule has 9 nitrogen and oxygen atoms in total. The van der Waals surface area contributed by atoms with Gasteiger partial charge in [-0.05, 0) is 55.7 Å². The van der Waals surface area contributed by atoms with Gasteiger partial charge in [0.15, 0.2) is 5.13 Å². The Morgan fingerprint density at radius 3 is 2.39 bits per heavy atom. The highest BCUT2D eigenvalue weighted by molar-refractivity contribution is 7.16. The highest BCUT2D eigenvalue weighted by Crippen LogP contribution is 2.37. The number of aromatic nitrogens is 5. The van der Waals surface area contributed by atoms with E-state index in [1.165, 1.54) is 23.5 Å². The van der Waals surface area contributed by atoms with Crippen LogP contribution in [0.5, 0.6) is 0 Å². The maximum Gasteiger partial charge on any atom is 0.291 e. The van der Waals surface area contributed by atoms with Gasteiger partial charge in [-0.25, -0.2) is 24.3 Å². The van der Waals surface area contributed by atoms with Crippen LogP contribution in [0.1, 0.15) is 41.0 Å². The first-order valence-corrected chi connectivity index (χ1v) is 13.8. The number of benzene rings is 1. The zero-order chi connectivity index (χ0) is 27.8. The molecule has 4 aromatic heterocycles. The molecular weight excluding hydrogens is 563 g/mol. The molecule has 1 aliphatic heterocycles. The van der Waals surface area contributed by atoms with Crippen LogP contribution in [0.15, 0.2) is 55.0 Å². The Morgan fingerprint density at radius 1 is 1.05 bits per heavy atom. The van der Waals surface area contributed by atoms with Gasteiger partial charge in [0.1, 0.15) is 33.9 Å².